The number of aliphatic carboxylic acids is 1. The maximum atomic E-state index is 11.9. The smallest absolute Gasteiger partial charge is 0.326 e. The Bertz CT molecular complexity index is 384. The van der Waals surface area contributed by atoms with Crippen molar-refractivity contribution in [2.45, 2.75) is 45.7 Å². The van der Waals surface area contributed by atoms with Gasteiger partial charge in [0.25, 0.3) is 0 Å². The van der Waals surface area contributed by atoms with Crippen molar-refractivity contribution in [3.05, 3.63) is 0 Å². The minimum Gasteiger partial charge on any atom is -0.480 e. The van der Waals surface area contributed by atoms with Gasteiger partial charge in [-0.1, -0.05) is 6.92 Å². The Morgan fingerprint density at radius 1 is 1.35 bits per heavy atom. The van der Waals surface area contributed by atoms with Gasteiger partial charge in [0.1, 0.15) is 6.04 Å². The molecule has 20 heavy (non-hydrogen) atoms. The lowest BCUT2D eigenvalue weighted by molar-refractivity contribution is -0.142. The monoisotopic (exact) mass is 285 g/mol. The van der Waals surface area contributed by atoms with Crippen LogP contribution in [-0.4, -0.2) is 53.1 Å². The minimum absolute atomic E-state index is 0.0533. The van der Waals surface area contributed by atoms with Crippen molar-refractivity contribution in [3.8, 4) is 0 Å². The molecule has 1 rings (SSSR count). The molecule has 1 aliphatic rings. The average molecular weight is 285 g/mol. The average Bonchev–Trinajstić information content (AvgIpc) is 2.70. The third-order valence-electron chi connectivity index (χ3n) is 3.29. The normalized spacial score (nSPS) is 21.9. The van der Waals surface area contributed by atoms with E-state index >= 15 is 0 Å². The van der Waals surface area contributed by atoms with Gasteiger partial charge in [-0.25, -0.2) is 9.59 Å². The van der Waals surface area contributed by atoms with Gasteiger partial charge in [0.15, 0.2) is 0 Å². The summed E-state index contributed by atoms with van der Waals surface area (Å²) in [5.74, 6) is -1.17. The van der Waals surface area contributed by atoms with E-state index in [1.165, 1.54) is 4.90 Å². The number of hydrogen-bond acceptors (Lipinski definition) is 3. The van der Waals surface area contributed by atoms with E-state index in [1.807, 2.05) is 20.8 Å². The van der Waals surface area contributed by atoms with Crippen molar-refractivity contribution in [3.63, 3.8) is 0 Å². The first-order chi connectivity index (χ1) is 9.32. The van der Waals surface area contributed by atoms with Gasteiger partial charge in [-0.2, -0.15) is 0 Å². The van der Waals surface area contributed by atoms with E-state index in [1.54, 1.807) is 0 Å². The Kier molecular flexibility index (Phi) is 5.79. The molecule has 0 spiro atoms. The van der Waals surface area contributed by atoms with Gasteiger partial charge in [0, 0.05) is 25.6 Å². The highest BCUT2D eigenvalue weighted by molar-refractivity contribution is 5.84. The molecule has 7 nitrogen and oxygen atoms in total. The lowest BCUT2D eigenvalue weighted by Crippen LogP contribution is -2.48. The van der Waals surface area contributed by atoms with Crippen molar-refractivity contribution in [1.82, 2.24) is 15.5 Å². The molecular formula is C13H23N3O4. The molecule has 0 aromatic rings. The number of carbonyl (C=O) groups is 3. The first kappa shape index (κ1) is 16.3. The second-order valence-corrected chi connectivity index (χ2v) is 5.45. The summed E-state index contributed by atoms with van der Waals surface area (Å²) in [4.78, 5) is 35.8. The molecule has 0 aromatic heterocycles. The molecule has 1 fully saturated rings. The van der Waals surface area contributed by atoms with Crippen molar-refractivity contribution < 1.29 is 19.5 Å². The zero-order chi connectivity index (χ0) is 15.3. The summed E-state index contributed by atoms with van der Waals surface area (Å²) in [7, 11) is 0. The second-order valence-electron chi connectivity index (χ2n) is 5.45. The molecule has 7 heteroatoms. The molecule has 1 aliphatic heterocycles. The number of likely N-dealkylation sites (tertiary alicyclic amines) is 1. The Hall–Kier alpha value is -1.79. The molecule has 2 atom stereocenters. The van der Waals surface area contributed by atoms with Crippen LogP contribution in [0.5, 0.6) is 0 Å². The fraction of sp³-hybridized carbons (Fsp3) is 0.769. The van der Waals surface area contributed by atoms with E-state index < -0.39 is 18.0 Å². The molecule has 0 radical (unpaired) electrons. The van der Waals surface area contributed by atoms with Gasteiger partial charge in [0.2, 0.25) is 5.91 Å². The van der Waals surface area contributed by atoms with E-state index in [9.17, 15) is 14.4 Å². The van der Waals surface area contributed by atoms with Gasteiger partial charge in [-0.3, -0.25) is 4.79 Å². The fourth-order valence-corrected chi connectivity index (χ4v) is 2.33. The predicted molar refractivity (Wildman–Crippen MR) is 73.2 cm³/mol. The van der Waals surface area contributed by atoms with Crippen LogP contribution in [0.3, 0.4) is 0 Å². The quantitative estimate of drug-likeness (QED) is 0.681. The van der Waals surface area contributed by atoms with Crippen LogP contribution in [0.25, 0.3) is 0 Å². The summed E-state index contributed by atoms with van der Waals surface area (Å²) >= 11 is 0. The largest absolute Gasteiger partial charge is 0.480 e. The van der Waals surface area contributed by atoms with Crippen LogP contribution >= 0.6 is 0 Å². The maximum Gasteiger partial charge on any atom is 0.326 e. The van der Waals surface area contributed by atoms with Gasteiger partial charge in [-0.05, 0) is 26.2 Å². The summed E-state index contributed by atoms with van der Waals surface area (Å²) in [6.07, 6.45) is 0.864. The SMILES string of the molecule is CC(C)NC(=O)CCNC(=O)N1CCC(C)C1C(=O)O. The lowest BCUT2D eigenvalue weighted by atomic mass is 10.0. The molecular weight excluding hydrogens is 262 g/mol. The number of rotatable bonds is 5. The standard InChI is InChI=1S/C13H23N3O4/c1-8(2)15-10(17)4-6-14-13(20)16-7-5-9(3)11(16)12(18)19/h8-9,11H,4-7H2,1-3H3,(H,14,20)(H,15,17)(H,18,19). The molecule has 1 heterocycles. The first-order valence-electron chi connectivity index (χ1n) is 6.89. The number of nitrogens with one attached hydrogen (secondary N) is 2. The highest BCUT2D eigenvalue weighted by Gasteiger charge is 2.39. The number of nitrogens with zero attached hydrogens (tertiary/aromatic N) is 1. The number of carbonyl (C=O) groups excluding carboxylic acids is 2. The third kappa shape index (κ3) is 4.40. The summed E-state index contributed by atoms with van der Waals surface area (Å²) in [5, 5.41) is 14.4. The van der Waals surface area contributed by atoms with E-state index in [-0.39, 0.29) is 30.8 Å². The number of hydrogen-bond donors (Lipinski definition) is 3. The van der Waals surface area contributed by atoms with E-state index in [4.69, 9.17) is 5.11 Å². The van der Waals surface area contributed by atoms with Crippen LogP contribution in [0.2, 0.25) is 0 Å². The minimum atomic E-state index is -0.984. The van der Waals surface area contributed by atoms with Gasteiger partial charge in [-0.15, -0.1) is 0 Å². The van der Waals surface area contributed by atoms with Crippen molar-refractivity contribution in [2.75, 3.05) is 13.1 Å². The van der Waals surface area contributed by atoms with Crippen LogP contribution in [0.1, 0.15) is 33.6 Å². The maximum absolute atomic E-state index is 11.9. The van der Waals surface area contributed by atoms with E-state index in [2.05, 4.69) is 10.6 Å². The molecule has 0 aromatic carbocycles. The summed E-state index contributed by atoms with van der Waals surface area (Å²) in [6, 6.07) is -1.13. The van der Waals surface area contributed by atoms with Crippen LogP contribution in [-0.2, 0) is 9.59 Å². The molecule has 0 aliphatic carbocycles. The van der Waals surface area contributed by atoms with Crippen LogP contribution in [0, 0.1) is 5.92 Å². The van der Waals surface area contributed by atoms with E-state index in [0.29, 0.717) is 13.0 Å². The first-order valence-corrected chi connectivity index (χ1v) is 6.89. The van der Waals surface area contributed by atoms with Crippen LogP contribution < -0.4 is 10.6 Å². The molecule has 0 saturated carbocycles. The zero-order valence-corrected chi connectivity index (χ0v) is 12.2. The van der Waals surface area contributed by atoms with Crippen LogP contribution in [0.15, 0.2) is 0 Å². The van der Waals surface area contributed by atoms with Crippen LogP contribution in [0.4, 0.5) is 4.79 Å². The highest BCUT2D eigenvalue weighted by Crippen LogP contribution is 2.23. The highest BCUT2D eigenvalue weighted by atomic mass is 16.4. The molecule has 2 unspecified atom stereocenters. The van der Waals surface area contributed by atoms with E-state index in [0.717, 1.165) is 0 Å². The summed E-state index contributed by atoms with van der Waals surface area (Å²) in [6.45, 7) is 6.18. The van der Waals surface area contributed by atoms with Crippen molar-refractivity contribution in [2.24, 2.45) is 5.92 Å². The lowest BCUT2D eigenvalue weighted by Gasteiger charge is -2.23. The predicted octanol–water partition coefficient (Wildman–Crippen LogP) is 0.406. The Morgan fingerprint density at radius 2 is 2.00 bits per heavy atom. The summed E-state index contributed by atoms with van der Waals surface area (Å²) in [5.41, 5.74) is 0. The number of carboxylic acid groups (broad SMARTS) is 1. The molecule has 114 valence electrons. The zero-order valence-electron chi connectivity index (χ0n) is 12.2. The van der Waals surface area contributed by atoms with Gasteiger partial charge >= 0.3 is 12.0 Å². The van der Waals surface area contributed by atoms with Gasteiger partial charge < -0.3 is 20.6 Å². The second kappa shape index (κ2) is 7.12. The molecule has 1 saturated heterocycles. The molecule has 3 N–H and O–H groups in total. The Balaban J connectivity index is 2.39. The third-order valence-corrected chi connectivity index (χ3v) is 3.29. The topological polar surface area (TPSA) is 98.7 Å². The Morgan fingerprint density at radius 3 is 2.55 bits per heavy atom. The Labute approximate surface area is 118 Å². The van der Waals surface area contributed by atoms with Crippen molar-refractivity contribution in [1.29, 1.82) is 0 Å². The number of urea groups is 1. The van der Waals surface area contributed by atoms with Gasteiger partial charge in [0.05, 0.1) is 0 Å². The fourth-order valence-electron chi connectivity index (χ4n) is 2.33. The number of carboxylic acids is 1. The van der Waals surface area contributed by atoms with Crippen molar-refractivity contribution >= 4 is 17.9 Å². The summed E-state index contributed by atoms with van der Waals surface area (Å²) < 4.78 is 0. The number of amides is 3. The molecule has 0 bridgehead atoms. The molecule has 3 amide bonds.